The Balaban J connectivity index is 0.000000226. The highest BCUT2D eigenvalue weighted by Gasteiger charge is 2.13. The number of thiazole rings is 1. The van der Waals surface area contributed by atoms with E-state index in [0.717, 1.165) is 41.2 Å². The molecule has 3 aromatic rings. The Kier molecular flexibility index (Phi) is 9.91. The van der Waals surface area contributed by atoms with Crippen molar-refractivity contribution in [2.45, 2.75) is 40.0 Å². The molecule has 5 nitrogen and oxygen atoms in total. The molecule has 1 aliphatic rings. The van der Waals surface area contributed by atoms with Crippen molar-refractivity contribution in [3.05, 3.63) is 58.5 Å². The molecule has 2 heterocycles. The molecule has 1 N–H and O–H groups in total. The molecule has 0 bridgehead atoms. The van der Waals surface area contributed by atoms with E-state index in [1.54, 1.807) is 24.5 Å². The number of fused-ring (bicyclic) bond motifs is 1. The van der Waals surface area contributed by atoms with Gasteiger partial charge in [-0.15, -0.1) is 11.3 Å². The second-order valence-electron chi connectivity index (χ2n) is 6.66. The van der Waals surface area contributed by atoms with Gasteiger partial charge in [0, 0.05) is 24.5 Å². The van der Waals surface area contributed by atoms with Gasteiger partial charge in [-0.25, -0.2) is 9.98 Å². The normalized spacial score (nSPS) is 11.6. The van der Waals surface area contributed by atoms with Crippen LogP contribution in [0.3, 0.4) is 0 Å². The molecule has 0 atom stereocenters. The zero-order chi connectivity index (χ0) is 22.6. The minimum Gasteiger partial charge on any atom is -0.496 e. The number of carbonyl (C=O) groups is 1. The van der Waals surface area contributed by atoms with E-state index >= 15 is 0 Å². The van der Waals surface area contributed by atoms with E-state index in [-0.39, 0.29) is 0 Å². The number of hydrogen-bond acceptors (Lipinski definition) is 6. The average molecular weight is 438 g/mol. The van der Waals surface area contributed by atoms with Gasteiger partial charge in [-0.05, 0) is 68.1 Å². The van der Waals surface area contributed by atoms with Crippen molar-refractivity contribution in [3.63, 3.8) is 0 Å². The number of benzene rings is 2. The highest BCUT2D eigenvalue weighted by atomic mass is 32.1. The standard InChI is InChI=1S/C14H15N3S.C9H10O2.C2H6/c1-15-11-7-5-10(6-8-11)14-17-13-12(18-14)4-2-3-9-16-13;1-7-3-4-8(6-10)9(5-7)11-2;1-2/h5-9,15H,2-4H2,1H3;3-6H,1-2H3;1-2H3. The maximum absolute atomic E-state index is 10.4. The zero-order valence-corrected chi connectivity index (χ0v) is 19.8. The van der Waals surface area contributed by atoms with Gasteiger partial charge in [-0.3, -0.25) is 4.79 Å². The lowest BCUT2D eigenvalue weighted by atomic mass is 10.1. The van der Waals surface area contributed by atoms with Crippen molar-refractivity contribution in [2.75, 3.05) is 19.5 Å². The van der Waals surface area contributed by atoms with Crippen LogP contribution in [0, 0.1) is 6.92 Å². The van der Waals surface area contributed by atoms with Gasteiger partial charge in [0.15, 0.2) is 12.1 Å². The molecule has 0 fully saturated rings. The third-order valence-corrected chi connectivity index (χ3v) is 5.72. The lowest BCUT2D eigenvalue weighted by molar-refractivity contribution is 0.112. The van der Waals surface area contributed by atoms with E-state index in [4.69, 9.17) is 4.74 Å². The Hall–Kier alpha value is -2.99. The van der Waals surface area contributed by atoms with Gasteiger partial charge in [-0.1, -0.05) is 19.9 Å². The number of nitrogens with one attached hydrogen (secondary N) is 1. The third-order valence-electron chi connectivity index (χ3n) is 4.56. The van der Waals surface area contributed by atoms with Gasteiger partial charge in [-0.2, -0.15) is 0 Å². The number of aldehydes is 1. The van der Waals surface area contributed by atoms with Crippen LogP contribution >= 0.6 is 11.3 Å². The number of aryl methyl sites for hydroxylation is 2. The van der Waals surface area contributed by atoms with E-state index in [0.29, 0.717) is 11.3 Å². The minimum absolute atomic E-state index is 0.595. The molecule has 0 amide bonds. The van der Waals surface area contributed by atoms with E-state index < -0.39 is 0 Å². The molecule has 0 saturated heterocycles. The highest BCUT2D eigenvalue weighted by molar-refractivity contribution is 7.15. The summed E-state index contributed by atoms with van der Waals surface area (Å²) in [6, 6.07) is 13.8. The molecule has 0 spiro atoms. The summed E-state index contributed by atoms with van der Waals surface area (Å²) in [5.74, 6) is 1.56. The quantitative estimate of drug-likeness (QED) is 0.460. The molecule has 1 aliphatic heterocycles. The number of aliphatic imine (C=N–C) groups is 1. The molecule has 164 valence electrons. The van der Waals surface area contributed by atoms with Gasteiger partial charge < -0.3 is 10.1 Å². The van der Waals surface area contributed by atoms with Crippen LogP contribution in [0.15, 0.2) is 47.5 Å². The van der Waals surface area contributed by atoms with E-state index in [1.807, 2.05) is 46.2 Å². The Morgan fingerprint density at radius 1 is 1.13 bits per heavy atom. The van der Waals surface area contributed by atoms with Crippen LogP contribution in [0.25, 0.3) is 10.6 Å². The first-order valence-electron chi connectivity index (χ1n) is 10.5. The number of carbonyl (C=O) groups excluding carboxylic acids is 1. The van der Waals surface area contributed by atoms with Gasteiger partial charge in [0.1, 0.15) is 10.8 Å². The first kappa shape index (κ1) is 24.3. The van der Waals surface area contributed by atoms with Crippen LogP contribution < -0.4 is 10.1 Å². The lowest BCUT2D eigenvalue weighted by Gasteiger charge is -2.02. The molecule has 0 unspecified atom stereocenters. The van der Waals surface area contributed by atoms with Crippen molar-refractivity contribution in [2.24, 2.45) is 4.99 Å². The zero-order valence-electron chi connectivity index (χ0n) is 18.9. The van der Waals surface area contributed by atoms with Gasteiger partial charge in [0.2, 0.25) is 0 Å². The summed E-state index contributed by atoms with van der Waals surface area (Å²) in [5.41, 5.74) is 3.97. The van der Waals surface area contributed by atoms with Crippen LogP contribution in [-0.4, -0.2) is 31.6 Å². The highest BCUT2D eigenvalue weighted by Crippen LogP contribution is 2.35. The lowest BCUT2D eigenvalue weighted by Crippen LogP contribution is -1.90. The monoisotopic (exact) mass is 437 g/mol. The fraction of sp³-hybridized carbons (Fsp3) is 0.320. The van der Waals surface area contributed by atoms with Crippen LogP contribution in [-0.2, 0) is 6.42 Å². The molecule has 0 aliphatic carbocycles. The van der Waals surface area contributed by atoms with Crippen molar-refractivity contribution in [3.8, 4) is 16.3 Å². The molecule has 6 heteroatoms. The van der Waals surface area contributed by atoms with Crippen molar-refractivity contribution >= 4 is 35.3 Å². The summed E-state index contributed by atoms with van der Waals surface area (Å²) >= 11 is 1.77. The minimum atomic E-state index is 0.595. The number of rotatable bonds is 4. The van der Waals surface area contributed by atoms with Gasteiger partial charge in [0.05, 0.1) is 17.6 Å². The summed E-state index contributed by atoms with van der Waals surface area (Å²) in [5, 5.41) is 4.19. The first-order chi connectivity index (χ1) is 15.1. The molecular formula is C25H31N3O2S. The summed E-state index contributed by atoms with van der Waals surface area (Å²) in [7, 11) is 3.48. The predicted molar refractivity (Wildman–Crippen MR) is 133 cm³/mol. The molecule has 4 rings (SSSR count). The SMILES string of the molecule is CC.CNc1ccc(-c2nc3c(s2)CCCC=N3)cc1.COc1cc(C)ccc1C=O. The largest absolute Gasteiger partial charge is 0.496 e. The van der Waals surface area contributed by atoms with E-state index in [1.165, 1.54) is 16.9 Å². The van der Waals surface area contributed by atoms with Crippen molar-refractivity contribution in [1.29, 1.82) is 0 Å². The maximum Gasteiger partial charge on any atom is 0.166 e. The second-order valence-corrected chi connectivity index (χ2v) is 7.74. The summed E-state index contributed by atoms with van der Waals surface area (Å²) < 4.78 is 4.99. The molecule has 1 aromatic heterocycles. The Morgan fingerprint density at radius 3 is 2.52 bits per heavy atom. The van der Waals surface area contributed by atoms with Gasteiger partial charge >= 0.3 is 0 Å². The average Bonchev–Trinajstić information content (AvgIpc) is 3.11. The van der Waals surface area contributed by atoms with Crippen LogP contribution in [0.2, 0.25) is 0 Å². The Bertz CT molecular complexity index is 995. The predicted octanol–water partition coefficient (Wildman–Crippen LogP) is 6.73. The number of nitrogens with zero attached hydrogens (tertiary/aromatic N) is 2. The number of hydrogen-bond donors (Lipinski definition) is 1. The number of anilines is 1. The maximum atomic E-state index is 10.4. The van der Waals surface area contributed by atoms with Crippen molar-refractivity contribution in [1.82, 2.24) is 4.98 Å². The van der Waals surface area contributed by atoms with Crippen LogP contribution in [0.5, 0.6) is 5.75 Å². The number of ether oxygens (including phenoxy) is 1. The van der Waals surface area contributed by atoms with E-state index in [2.05, 4.69) is 39.6 Å². The fourth-order valence-electron chi connectivity index (χ4n) is 2.93. The molecule has 0 radical (unpaired) electrons. The molecule has 0 saturated carbocycles. The summed E-state index contributed by atoms with van der Waals surface area (Å²) in [6.07, 6.45) is 6.12. The fourth-order valence-corrected chi connectivity index (χ4v) is 3.99. The Morgan fingerprint density at radius 2 is 1.87 bits per heavy atom. The smallest absolute Gasteiger partial charge is 0.166 e. The Labute approximate surface area is 189 Å². The molecule has 31 heavy (non-hydrogen) atoms. The first-order valence-corrected chi connectivity index (χ1v) is 11.4. The topological polar surface area (TPSA) is 63.6 Å². The summed E-state index contributed by atoms with van der Waals surface area (Å²) in [6.45, 7) is 5.96. The van der Waals surface area contributed by atoms with Crippen LogP contribution in [0.4, 0.5) is 11.5 Å². The third kappa shape index (κ3) is 6.76. The molecule has 2 aromatic carbocycles. The van der Waals surface area contributed by atoms with Crippen LogP contribution in [0.1, 0.15) is 47.5 Å². The van der Waals surface area contributed by atoms with E-state index in [9.17, 15) is 4.79 Å². The second kappa shape index (κ2) is 12.6. The number of methoxy groups -OCH3 is 1. The summed E-state index contributed by atoms with van der Waals surface area (Å²) in [4.78, 5) is 20.8. The van der Waals surface area contributed by atoms with Crippen molar-refractivity contribution < 1.29 is 9.53 Å². The van der Waals surface area contributed by atoms with Gasteiger partial charge in [0.25, 0.3) is 0 Å². The number of aromatic nitrogens is 1. The molecular weight excluding hydrogens is 406 g/mol.